The summed E-state index contributed by atoms with van der Waals surface area (Å²) in [5.41, 5.74) is 0. The van der Waals surface area contributed by atoms with Crippen LogP contribution in [0.5, 0.6) is 0 Å². The number of unbranched alkanes of at least 4 members (excludes halogenated alkanes) is 19. The van der Waals surface area contributed by atoms with Crippen LogP contribution in [-0.4, -0.2) is 95.9 Å². The lowest BCUT2D eigenvalue weighted by atomic mass is 10.1. The van der Waals surface area contributed by atoms with Crippen molar-refractivity contribution in [2.75, 3.05) is 39.6 Å². The zero-order valence-electron chi connectivity index (χ0n) is 59.9. The quantitative estimate of drug-likeness (QED) is 0.0146. The first-order valence-corrected chi connectivity index (χ1v) is 39.8. The highest BCUT2D eigenvalue weighted by Crippen LogP contribution is 2.45. The van der Waals surface area contributed by atoms with Gasteiger partial charge in [0.05, 0.1) is 26.4 Å². The highest BCUT2D eigenvalue weighted by atomic mass is 31.2. The Hall–Kier alpha value is -4.83. The molecule has 5 unspecified atom stereocenters. The predicted octanol–water partition coefficient (Wildman–Crippen LogP) is 21.1. The molecule has 4 N–H and O–H groups in total. The molecule has 97 heavy (non-hydrogen) atoms. The van der Waals surface area contributed by atoms with Gasteiger partial charge in [0, 0.05) is 19.3 Å². The maximum Gasteiger partial charge on any atom is 0.472 e. The van der Waals surface area contributed by atoms with Gasteiger partial charge in [-0.2, -0.15) is 0 Å². The number of hydrogen-bond acceptors (Lipinski definition) is 14. The molecule has 552 valence electrons. The van der Waals surface area contributed by atoms with Crippen molar-refractivity contribution in [3.8, 4) is 0 Å². The molecule has 0 heterocycles. The summed E-state index contributed by atoms with van der Waals surface area (Å²) in [6.07, 6.45) is 87.4. The molecular weight excluding hydrogens is 1270 g/mol. The summed E-state index contributed by atoms with van der Waals surface area (Å²) >= 11 is 0. The summed E-state index contributed by atoms with van der Waals surface area (Å²) in [4.78, 5) is 58.5. The first kappa shape index (κ1) is 92.2. The molecule has 0 aliphatic rings. The first-order chi connectivity index (χ1) is 47.2. The van der Waals surface area contributed by atoms with Crippen LogP contribution in [0.2, 0.25) is 0 Å². The predicted molar refractivity (Wildman–Crippen MR) is 399 cm³/mol. The van der Waals surface area contributed by atoms with Gasteiger partial charge >= 0.3 is 33.6 Å². The number of rotatable bonds is 68. The number of ether oxygens (including phenoxy) is 3. The monoisotopic (exact) mass is 1400 g/mol. The molecule has 0 bridgehead atoms. The molecule has 0 spiro atoms. The Kier molecular flexibility index (Phi) is 67.5. The molecule has 0 amide bonds. The smallest absolute Gasteiger partial charge is 0.463 e. The van der Waals surface area contributed by atoms with Gasteiger partial charge in [0.25, 0.3) is 0 Å². The van der Waals surface area contributed by atoms with E-state index in [-0.39, 0.29) is 19.3 Å². The number of aliphatic hydroxyl groups is 2. The largest absolute Gasteiger partial charge is 0.472 e. The first-order valence-electron chi connectivity index (χ1n) is 36.8. The van der Waals surface area contributed by atoms with Crippen LogP contribution >= 0.6 is 15.6 Å². The second-order valence-corrected chi connectivity index (χ2v) is 26.9. The lowest BCUT2D eigenvalue weighted by Crippen LogP contribution is -2.30. The average molecular weight is 1400 g/mol. The van der Waals surface area contributed by atoms with Crippen LogP contribution in [0.1, 0.15) is 265 Å². The minimum atomic E-state index is -4.95. The van der Waals surface area contributed by atoms with Crippen LogP contribution in [0.25, 0.3) is 0 Å². The highest BCUT2D eigenvalue weighted by Gasteiger charge is 2.29. The van der Waals surface area contributed by atoms with E-state index < -0.39 is 91.5 Å². The summed E-state index contributed by atoms with van der Waals surface area (Å²) in [6, 6.07) is 0. The summed E-state index contributed by atoms with van der Waals surface area (Å²) in [7, 11) is -9.82. The Bertz CT molecular complexity index is 2400. The number of phosphoric acid groups is 2. The number of aliphatic hydroxyl groups excluding tert-OH is 2. The summed E-state index contributed by atoms with van der Waals surface area (Å²) in [6.45, 7) is 2.32. The average Bonchev–Trinajstić information content (AvgIpc) is 1.86. The Morgan fingerprint density at radius 1 is 0.299 bits per heavy atom. The van der Waals surface area contributed by atoms with Crippen molar-refractivity contribution in [1.29, 1.82) is 0 Å². The minimum absolute atomic E-state index is 0.0393. The normalized spacial score (nSPS) is 15.0. The fraction of sp³-hybridized carbons (Fsp3) is 0.633. The van der Waals surface area contributed by atoms with Crippen molar-refractivity contribution in [1.82, 2.24) is 0 Å². The number of esters is 3. The second-order valence-electron chi connectivity index (χ2n) is 24.0. The molecule has 0 aromatic rings. The van der Waals surface area contributed by atoms with E-state index in [9.17, 15) is 43.5 Å². The number of allylic oxidation sites excluding steroid dienone is 26. The molecule has 5 atom stereocenters. The highest BCUT2D eigenvalue weighted by molar-refractivity contribution is 7.47. The van der Waals surface area contributed by atoms with E-state index in [1.165, 1.54) is 57.8 Å². The van der Waals surface area contributed by atoms with Crippen LogP contribution in [-0.2, 0) is 55.8 Å². The molecule has 0 aromatic carbocycles. The topological polar surface area (TPSA) is 231 Å². The van der Waals surface area contributed by atoms with Gasteiger partial charge in [0.2, 0.25) is 0 Å². The third-order valence-corrected chi connectivity index (χ3v) is 16.6. The van der Waals surface area contributed by atoms with Gasteiger partial charge in [-0.3, -0.25) is 32.5 Å². The Balaban J connectivity index is 4.65. The van der Waals surface area contributed by atoms with E-state index in [0.717, 1.165) is 141 Å². The van der Waals surface area contributed by atoms with Gasteiger partial charge in [-0.1, -0.05) is 269 Å². The van der Waals surface area contributed by atoms with Crippen LogP contribution in [0.15, 0.2) is 158 Å². The van der Waals surface area contributed by atoms with Crippen molar-refractivity contribution in [2.45, 2.75) is 283 Å². The van der Waals surface area contributed by atoms with E-state index in [1.54, 1.807) is 0 Å². The van der Waals surface area contributed by atoms with Crippen LogP contribution in [0, 0.1) is 0 Å². The zero-order valence-corrected chi connectivity index (χ0v) is 61.7. The van der Waals surface area contributed by atoms with E-state index in [0.29, 0.717) is 25.7 Å². The number of carbonyl (C=O) groups is 3. The van der Waals surface area contributed by atoms with E-state index >= 15 is 0 Å². The standard InChI is InChI=1S/C79H130O16P2/c1-4-7-10-13-16-19-22-25-28-30-32-33-34-35-36-37-38-39-41-43-45-47-50-53-56-59-62-65-77(82)89-68-74(80)69-91-96(85,86)92-70-75(81)71-93-97(87,88)94-73-76(95-79(84)67-64-61-58-55-52-49-44-27-24-21-18-15-12-9-6-3)72-90-78(83)66-63-60-57-54-51-48-46-42-40-31-29-26-23-20-17-14-11-8-5-2/h7-8,10-11,16-17,19-20,25-29,32-33,35-36,38-40,42,44,48,51,57,60,74-76,80-81H,4-6,9,12-15,18,21-24,30-31,34,37,41,43,45-47,49-50,52-56,58-59,61-73H2,1-3H3,(H,85,86)(H,87,88)/b10-7-,11-8-,19-16-,20-17-,28-25-,29-26-,33-32-,36-35-,39-38-,42-40-,44-27-,51-48-,60-57-. The molecule has 0 aromatic heterocycles. The van der Waals surface area contributed by atoms with Crippen molar-refractivity contribution >= 4 is 33.6 Å². The Morgan fingerprint density at radius 2 is 0.567 bits per heavy atom. The molecular formula is C79H130O16P2. The molecule has 18 heteroatoms. The Morgan fingerprint density at radius 3 is 0.938 bits per heavy atom. The van der Waals surface area contributed by atoms with Crippen LogP contribution in [0.3, 0.4) is 0 Å². The minimum Gasteiger partial charge on any atom is -0.463 e. The second kappa shape index (κ2) is 71.0. The molecule has 0 radical (unpaired) electrons. The van der Waals surface area contributed by atoms with Crippen LogP contribution in [0.4, 0.5) is 0 Å². The van der Waals surface area contributed by atoms with Crippen molar-refractivity contribution < 1.29 is 75.8 Å². The SMILES string of the molecule is CC/C=C\C/C=C\C/C=C\C/C=C\C/C=C\C/C=C\CCCCCCCCCCC(=O)OCC(O)COP(=O)(O)OCC(O)COP(=O)(O)OCC(COC(=O)CC/C=C\C/C=C\C/C=C\C/C=C\C/C=C\C/C=C\CC)OC(=O)CCCCCCC/C=C\CCCCCCCC. The third-order valence-electron chi connectivity index (χ3n) is 14.7. The van der Waals surface area contributed by atoms with Gasteiger partial charge in [0.15, 0.2) is 6.10 Å². The summed E-state index contributed by atoms with van der Waals surface area (Å²) in [5.74, 6) is -1.70. The lowest BCUT2D eigenvalue weighted by molar-refractivity contribution is -0.161. The Labute approximate surface area is 587 Å². The van der Waals surface area contributed by atoms with E-state index in [4.69, 9.17) is 32.3 Å². The molecule has 0 aliphatic heterocycles. The van der Waals surface area contributed by atoms with Gasteiger partial charge in [-0.15, -0.1) is 0 Å². The summed E-state index contributed by atoms with van der Waals surface area (Å²) < 4.78 is 60.9. The number of carbonyl (C=O) groups excluding carboxylic acids is 3. The van der Waals surface area contributed by atoms with Gasteiger partial charge in [-0.05, 0) is 135 Å². The third kappa shape index (κ3) is 72.2. The zero-order chi connectivity index (χ0) is 70.9. The van der Waals surface area contributed by atoms with E-state index in [1.807, 2.05) is 18.2 Å². The lowest BCUT2D eigenvalue weighted by Gasteiger charge is -2.21. The molecule has 0 saturated carbocycles. The molecule has 0 rings (SSSR count). The molecule has 0 saturated heterocycles. The van der Waals surface area contributed by atoms with Gasteiger partial charge in [-0.25, -0.2) is 9.13 Å². The molecule has 0 fully saturated rings. The van der Waals surface area contributed by atoms with Crippen molar-refractivity contribution in [2.24, 2.45) is 0 Å². The van der Waals surface area contributed by atoms with Crippen molar-refractivity contribution in [3.05, 3.63) is 158 Å². The van der Waals surface area contributed by atoms with Crippen LogP contribution < -0.4 is 0 Å². The summed E-state index contributed by atoms with van der Waals surface area (Å²) in [5, 5.41) is 20.6. The van der Waals surface area contributed by atoms with Gasteiger partial charge in [0.1, 0.15) is 25.4 Å². The fourth-order valence-corrected chi connectivity index (χ4v) is 10.8. The fourth-order valence-electron chi connectivity index (χ4n) is 9.18. The molecule has 16 nitrogen and oxygen atoms in total. The molecule has 0 aliphatic carbocycles. The van der Waals surface area contributed by atoms with E-state index in [2.05, 4.69) is 161 Å². The van der Waals surface area contributed by atoms with Crippen molar-refractivity contribution in [3.63, 3.8) is 0 Å². The number of hydrogen-bond donors (Lipinski definition) is 4. The number of phosphoric ester groups is 2. The maximum atomic E-state index is 12.9. The maximum absolute atomic E-state index is 12.9. The van der Waals surface area contributed by atoms with Gasteiger partial charge < -0.3 is 34.2 Å².